The summed E-state index contributed by atoms with van der Waals surface area (Å²) in [5.41, 5.74) is 3.31. The van der Waals surface area contributed by atoms with Gasteiger partial charge in [0.2, 0.25) is 0 Å². The van der Waals surface area contributed by atoms with Gasteiger partial charge in [-0.2, -0.15) is 0 Å². The van der Waals surface area contributed by atoms with E-state index >= 15 is 0 Å². The number of carbonyl (C=O) groups is 2. The Morgan fingerprint density at radius 3 is 1.62 bits per heavy atom. The molecule has 0 amide bonds. The van der Waals surface area contributed by atoms with Crippen molar-refractivity contribution < 1.29 is 14.3 Å². The lowest BCUT2D eigenvalue weighted by Gasteiger charge is -2.21. The minimum Gasteiger partial charge on any atom is -0.457 e. The van der Waals surface area contributed by atoms with Crippen LogP contribution >= 0.6 is 0 Å². The molecule has 0 N–H and O–H groups in total. The summed E-state index contributed by atoms with van der Waals surface area (Å²) in [5, 5.41) is 0. The van der Waals surface area contributed by atoms with Crippen molar-refractivity contribution in [3.05, 3.63) is 58.7 Å². The van der Waals surface area contributed by atoms with Crippen molar-refractivity contribution in [2.24, 2.45) is 0 Å². The van der Waals surface area contributed by atoms with Gasteiger partial charge in [-0.05, 0) is 64.6 Å². The predicted molar refractivity (Wildman–Crippen MR) is 102 cm³/mol. The minimum atomic E-state index is 0.0820. The zero-order valence-corrected chi connectivity index (χ0v) is 15.7. The third-order valence-electron chi connectivity index (χ3n) is 4.29. The fourth-order valence-corrected chi connectivity index (χ4v) is 3.06. The maximum Gasteiger partial charge on any atom is 0.176 e. The van der Waals surface area contributed by atoms with E-state index in [1.54, 1.807) is 0 Å². The van der Waals surface area contributed by atoms with E-state index in [4.69, 9.17) is 4.74 Å². The summed E-state index contributed by atoms with van der Waals surface area (Å²) in [5.74, 6) is 1.70. The number of rotatable bonds is 6. The smallest absolute Gasteiger partial charge is 0.176 e. The molecule has 2 aromatic carbocycles. The largest absolute Gasteiger partial charge is 0.457 e. The summed E-state index contributed by atoms with van der Waals surface area (Å²) < 4.78 is 5.97. The topological polar surface area (TPSA) is 49.9 Å². The number of Topliss-reactive ketones (excluding diaryl/α,β-unsaturated/α-hetero) is 2. The van der Waals surface area contributed by atoms with E-state index in [1.165, 1.54) is 0 Å². The van der Waals surface area contributed by atoms with Gasteiger partial charge in [-0.25, -0.2) is 0 Å². The highest BCUT2D eigenvalue weighted by Gasteiger charge is 2.20. The Hall–Kier alpha value is -2.50. The molecule has 136 valence electrons. The zero-order valence-electron chi connectivity index (χ0n) is 15.7. The lowest BCUT2D eigenvalue weighted by molar-refractivity contribution is 0.0949. The Morgan fingerprint density at radius 1 is 0.808 bits per heavy atom. The first-order valence-electron chi connectivity index (χ1n) is 8.63. The summed E-state index contributed by atoms with van der Waals surface area (Å²) >= 11 is 0. The van der Waals surface area contributed by atoms with E-state index in [-0.39, 0.29) is 11.6 Å². The zero-order chi connectivity index (χ0) is 18.8. The van der Waals surface area contributed by atoms with Crippen LogP contribution < -0.4 is 4.74 Å². The first-order valence-corrected chi connectivity index (χ1v) is 8.63. The molecule has 5 heteroatoms. The van der Waals surface area contributed by atoms with Crippen LogP contribution in [0.2, 0.25) is 0 Å². The fraction of sp³-hybridized carbons (Fsp3) is 0.333. The lowest BCUT2D eigenvalue weighted by atomic mass is 9.95. The molecule has 0 aromatic heterocycles. The van der Waals surface area contributed by atoms with Crippen molar-refractivity contribution in [2.45, 2.75) is 6.42 Å². The van der Waals surface area contributed by atoms with Gasteiger partial charge in [-0.15, -0.1) is 0 Å². The molecular weight excluding hydrogens is 328 g/mol. The Balaban J connectivity index is 1.85. The van der Waals surface area contributed by atoms with Crippen molar-refractivity contribution >= 4 is 11.6 Å². The molecule has 0 unspecified atom stereocenters. The number of ether oxygens (including phenoxy) is 1. The summed E-state index contributed by atoms with van der Waals surface area (Å²) in [7, 11) is 7.51. The van der Waals surface area contributed by atoms with E-state index in [1.807, 2.05) is 74.4 Å². The minimum absolute atomic E-state index is 0.0820. The molecule has 0 aliphatic carbocycles. The number of fused-ring (bicyclic) bond motifs is 2. The Morgan fingerprint density at radius 2 is 1.23 bits per heavy atom. The monoisotopic (exact) mass is 352 g/mol. The molecule has 5 nitrogen and oxygen atoms in total. The Bertz CT molecular complexity index is 787. The van der Waals surface area contributed by atoms with Crippen LogP contribution in [0, 0.1) is 0 Å². The van der Waals surface area contributed by atoms with Gasteiger partial charge < -0.3 is 14.5 Å². The maximum absolute atomic E-state index is 12.3. The molecule has 1 aliphatic heterocycles. The SMILES string of the molecule is CN(C)CC(=O)c1ccc2c(c1)Cc1cc(C(=O)CN(C)C)ccc1O2. The molecule has 0 atom stereocenters. The molecule has 0 saturated carbocycles. The van der Waals surface area contributed by atoms with E-state index in [0.717, 1.165) is 22.6 Å². The lowest BCUT2D eigenvalue weighted by Crippen LogP contribution is -2.22. The molecule has 0 bridgehead atoms. The van der Waals surface area contributed by atoms with Crippen LogP contribution in [0.1, 0.15) is 31.8 Å². The Labute approximate surface area is 154 Å². The highest BCUT2D eigenvalue weighted by molar-refractivity contribution is 5.98. The number of likely N-dealkylation sites (N-methyl/N-ethyl adjacent to an activating group) is 2. The van der Waals surface area contributed by atoms with Gasteiger partial charge in [0, 0.05) is 28.7 Å². The van der Waals surface area contributed by atoms with Crippen LogP contribution in [0.5, 0.6) is 11.5 Å². The second-order valence-corrected chi connectivity index (χ2v) is 7.25. The van der Waals surface area contributed by atoms with Crippen LogP contribution in [0.3, 0.4) is 0 Å². The first kappa shape index (κ1) is 18.3. The van der Waals surface area contributed by atoms with Gasteiger partial charge in [0.15, 0.2) is 11.6 Å². The van der Waals surface area contributed by atoms with E-state index in [0.29, 0.717) is 30.6 Å². The first-order chi connectivity index (χ1) is 12.3. The maximum atomic E-state index is 12.3. The number of nitrogens with zero attached hydrogens (tertiary/aromatic N) is 2. The molecule has 1 aliphatic rings. The summed E-state index contributed by atoms with van der Waals surface area (Å²) in [4.78, 5) is 28.3. The average Bonchev–Trinajstić information content (AvgIpc) is 2.57. The second kappa shape index (κ2) is 7.40. The third-order valence-corrected chi connectivity index (χ3v) is 4.29. The third kappa shape index (κ3) is 4.00. The molecule has 26 heavy (non-hydrogen) atoms. The molecule has 0 radical (unpaired) electrons. The molecular formula is C21H24N2O3. The molecule has 1 heterocycles. The van der Waals surface area contributed by atoms with Gasteiger partial charge in [0.05, 0.1) is 13.1 Å². The van der Waals surface area contributed by atoms with Crippen LogP contribution in [0.15, 0.2) is 36.4 Å². The Kier molecular flexibility index (Phi) is 5.20. The standard InChI is InChI=1S/C21H24N2O3/c1-22(2)12-18(24)14-5-7-20-16(9-14)11-17-10-15(6-8-21(17)26-20)19(25)13-23(3)4/h5-10H,11-13H2,1-4H3. The summed E-state index contributed by atoms with van der Waals surface area (Å²) in [6.07, 6.45) is 0.650. The van der Waals surface area contributed by atoms with E-state index in [9.17, 15) is 9.59 Å². The molecule has 0 saturated heterocycles. The van der Waals surface area contributed by atoms with Gasteiger partial charge >= 0.3 is 0 Å². The number of hydrogen-bond donors (Lipinski definition) is 0. The molecule has 0 spiro atoms. The normalized spacial score (nSPS) is 12.5. The average molecular weight is 352 g/mol. The highest BCUT2D eigenvalue weighted by atomic mass is 16.5. The summed E-state index contributed by atoms with van der Waals surface area (Å²) in [6.45, 7) is 0.749. The van der Waals surface area contributed by atoms with Gasteiger partial charge in [-0.1, -0.05) is 0 Å². The molecule has 2 aromatic rings. The van der Waals surface area contributed by atoms with Crippen molar-refractivity contribution in [1.29, 1.82) is 0 Å². The van der Waals surface area contributed by atoms with Crippen LogP contribution in [-0.2, 0) is 6.42 Å². The second-order valence-electron chi connectivity index (χ2n) is 7.25. The van der Waals surface area contributed by atoms with Crippen LogP contribution in [0.4, 0.5) is 0 Å². The quantitative estimate of drug-likeness (QED) is 0.639. The number of hydrogen-bond acceptors (Lipinski definition) is 5. The van der Waals surface area contributed by atoms with Gasteiger partial charge in [-0.3, -0.25) is 9.59 Å². The molecule has 0 fully saturated rings. The highest BCUT2D eigenvalue weighted by Crippen LogP contribution is 2.37. The molecule has 3 rings (SSSR count). The predicted octanol–water partition coefficient (Wildman–Crippen LogP) is 2.87. The number of benzene rings is 2. The van der Waals surface area contributed by atoms with Crippen LogP contribution in [0.25, 0.3) is 0 Å². The fourth-order valence-electron chi connectivity index (χ4n) is 3.06. The van der Waals surface area contributed by atoms with E-state index < -0.39 is 0 Å². The summed E-state index contributed by atoms with van der Waals surface area (Å²) in [6, 6.07) is 11.1. The number of carbonyl (C=O) groups excluding carboxylic acids is 2. The van der Waals surface area contributed by atoms with E-state index in [2.05, 4.69) is 0 Å². The number of ketones is 2. The van der Waals surface area contributed by atoms with Crippen molar-refractivity contribution in [3.8, 4) is 11.5 Å². The van der Waals surface area contributed by atoms with Crippen molar-refractivity contribution in [3.63, 3.8) is 0 Å². The van der Waals surface area contributed by atoms with Crippen molar-refractivity contribution in [1.82, 2.24) is 9.80 Å². The van der Waals surface area contributed by atoms with Crippen LogP contribution in [-0.4, -0.2) is 62.6 Å². The van der Waals surface area contributed by atoms with Crippen molar-refractivity contribution in [2.75, 3.05) is 41.3 Å². The van der Waals surface area contributed by atoms with Gasteiger partial charge in [0.25, 0.3) is 0 Å². The van der Waals surface area contributed by atoms with Gasteiger partial charge in [0.1, 0.15) is 11.5 Å².